The quantitative estimate of drug-likeness (QED) is 0.775. The lowest BCUT2D eigenvalue weighted by Crippen LogP contribution is -2.47. The number of aromatic nitrogens is 2. The number of hydrogen-bond donors (Lipinski definition) is 1. The first kappa shape index (κ1) is 16.6. The Morgan fingerprint density at radius 1 is 0.852 bits per heavy atom. The number of anilines is 1. The van der Waals surface area contributed by atoms with Gasteiger partial charge in [-0.25, -0.2) is 0 Å². The zero-order valence-electron chi connectivity index (χ0n) is 15.7. The van der Waals surface area contributed by atoms with Crippen LogP contribution < -0.4 is 4.90 Å². The number of nitrogens with one attached hydrogen (secondary N) is 1. The van der Waals surface area contributed by atoms with Gasteiger partial charge in [-0.2, -0.15) is 5.10 Å². The van der Waals surface area contributed by atoms with Crippen LogP contribution in [-0.2, 0) is 19.3 Å². The molecule has 0 spiro atoms. The Bertz CT molecular complexity index is 907. The Labute approximate surface area is 160 Å². The highest BCUT2D eigenvalue weighted by Gasteiger charge is 2.25. The van der Waals surface area contributed by atoms with Gasteiger partial charge in [0.15, 0.2) is 0 Å². The van der Waals surface area contributed by atoms with Gasteiger partial charge in [0.05, 0.1) is 11.9 Å². The summed E-state index contributed by atoms with van der Waals surface area (Å²) in [6.45, 7) is 5.59. The fourth-order valence-corrected chi connectivity index (χ4v) is 4.48. The van der Waals surface area contributed by atoms with Crippen LogP contribution in [0.5, 0.6) is 0 Å². The molecule has 1 aliphatic heterocycles. The standard InChI is InChI=1S/C23H26N4/c1-2-5-18(6-3-1)11-12-26-13-15-27(16-14-26)21-8-4-7-19-9-10-20-17-24-25-23(20)22(19)21/h1-8,17H,9-16H2,(H,24,25). The number of piperazine rings is 1. The predicted octanol–water partition coefficient (Wildman–Crippen LogP) is 3.54. The number of benzene rings is 2. The van der Waals surface area contributed by atoms with Gasteiger partial charge in [0.2, 0.25) is 0 Å². The third kappa shape index (κ3) is 3.26. The van der Waals surface area contributed by atoms with Crippen LogP contribution >= 0.6 is 0 Å². The third-order valence-electron chi connectivity index (χ3n) is 6.03. The minimum atomic E-state index is 1.09. The normalized spacial score (nSPS) is 16.8. The number of fused-ring (bicyclic) bond motifs is 3. The van der Waals surface area contributed by atoms with Gasteiger partial charge in [0, 0.05) is 44.0 Å². The smallest absolute Gasteiger partial charge is 0.0705 e. The molecule has 0 saturated carbocycles. The fraction of sp³-hybridized carbons (Fsp3) is 0.348. The van der Waals surface area contributed by atoms with Gasteiger partial charge in [-0.15, -0.1) is 0 Å². The SMILES string of the molecule is c1ccc(CCN2CCN(c3cccc4c3-c3[nH]ncc3CC4)CC2)cc1. The van der Waals surface area contributed by atoms with Crippen molar-refractivity contribution in [3.63, 3.8) is 0 Å². The van der Waals surface area contributed by atoms with E-state index in [1.165, 1.54) is 33.6 Å². The van der Waals surface area contributed by atoms with Crippen molar-refractivity contribution in [1.82, 2.24) is 15.1 Å². The molecule has 0 radical (unpaired) electrons. The highest BCUT2D eigenvalue weighted by molar-refractivity contribution is 5.82. The van der Waals surface area contributed by atoms with Crippen LogP contribution in [0, 0.1) is 0 Å². The molecule has 4 heteroatoms. The van der Waals surface area contributed by atoms with Crippen molar-refractivity contribution in [3.05, 3.63) is 71.4 Å². The van der Waals surface area contributed by atoms with Crippen LogP contribution in [0.3, 0.4) is 0 Å². The minimum Gasteiger partial charge on any atom is -0.368 e. The molecule has 2 aliphatic rings. The lowest BCUT2D eigenvalue weighted by molar-refractivity contribution is 0.261. The highest BCUT2D eigenvalue weighted by atomic mass is 15.3. The second-order valence-corrected chi connectivity index (χ2v) is 7.65. The number of aromatic amines is 1. The van der Waals surface area contributed by atoms with Gasteiger partial charge in [0.25, 0.3) is 0 Å². The number of H-pyrrole nitrogens is 1. The van der Waals surface area contributed by atoms with Crippen molar-refractivity contribution in [2.75, 3.05) is 37.6 Å². The molecular weight excluding hydrogens is 332 g/mol. The summed E-state index contributed by atoms with van der Waals surface area (Å²) < 4.78 is 0. The van der Waals surface area contributed by atoms with E-state index in [0.29, 0.717) is 0 Å². The summed E-state index contributed by atoms with van der Waals surface area (Å²) in [6.07, 6.45) is 5.35. The topological polar surface area (TPSA) is 35.2 Å². The molecule has 0 bridgehead atoms. The largest absolute Gasteiger partial charge is 0.368 e. The molecule has 0 unspecified atom stereocenters. The van der Waals surface area contributed by atoms with Gasteiger partial charge in [-0.05, 0) is 42.0 Å². The van der Waals surface area contributed by atoms with E-state index in [2.05, 4.69) is 68.5 Å². The molecule has 5 rings (SSSR count). The lowest BCUT2D eigenvalue weighted by atomic mass is 9.89. The van der Waals surface area contributed by atoms with Crippen molar-refractivity contribution in [3.8, 4) is 11.3 Å². The van der Waals surface area contributed by atoms with Crippen LogP contribution in [-0.4, -0.2) is 47.8 Å². The van der Waals surface area contributed by atoms with Crippen molar-refractivity contribution in [2.45, 2.75) is 19.3 Å². The van der Waals surface area contributed by atoms with Crippen LogP contribution in [0.2, 0.25) is 0 Å². The number of hydrogen-bond acceptors (Lipinski definition) is 3. The number of nitrogens with zero attached hydrogens (tertiary/aromatic N) is 3. The fourth-order valence-electron chi connectivity index (χ4n) is 4.48. The molecule has 1 saturated heterocycles. The van der Waals surface area contributed by atoms with Crippen LogP contribution in [0.15, 0.2) is 54.7 Å². The summed E-state index contributed by atoms with van der Waals surface area (Å²) in [6, 6.07) is 17.6. The molecule has 1 N–H and O–H groups in total. The molecule has 1 fully saturated rings. The maximum atomic E-state index is 4.30. The van der Waals surface area contributed by atoms with Crippen molar-refractivity contribution in [2.24, 2.45) is 0 Å². The molecule has 1 aliphatic carbocycles. The Morgan fingerprint density at radius 3 is 2.52 bits per heavy atom. The molecule has 27 heavy (non-hydrogen) atoms. The summed E-state index contributed by atoms with van der Waals surface area (Å²) in [7, 11) is 0. The lowest BCUT2D eigenvalue weighted by Gasteiger charge is -2.37. The molecule has 2 heterocycles. The molecule has 0 amide bonds. The first-order chi connectivity index (χ1) is 13.4. The average molecular weight is 358 g/mol. The zero-order chi connectivity index (χ0) is 18.1. The summed E-state index contributed by atoms with van der Waals surface area (Å²) in [4.78, 5) is 5.16. The maximum absolute atomic E-state index is 4.30. The molecule has 4 nitrogen and oxygen atoms in total. The van der Waals surface area contributed by atoms with E-state index >= 15 is 0 Å². The molecule has 2 aromatic carbocycles. The Kier molecular flexibility index (Phi) is 4.42. The van der Waals surface area contributed by atoms with E-state index in [0.717, 1.165) is 52.0 Å². The van der Waals surface area contributed by atoms with Crippen LogP contribution in [0.25, 0.3) is 11.3 Å². The van der Waals surface area contributed by atoms with E-state index in [1.807, 2.05) is 6.20 Å². The first-order valence-electron chi connectivity index (χ1n) is 10.0. The summed E-state index contributed by atoms with van der Waals surface area (Å²) in [5, 5.41) is 7.56. The van der Waals surface area contributed by atoms with Gasteiger partial charge in [-0.3, -0.25) is 10.00 Å². The second-order valence-electron chi connectivity index (χ2n) is 7.65. The van der Waals surface area contributed by atoms with Gasteiger partial charge in [-0.1, -0.05) is 42.5 Å². The monoisotopic (exact) mass is 358 g/mol. The van der Waals surface area contributed by atoms with E-state index in [-0.39, 0.29) is 0 Å². The molecule has 0 atom stereocenters. The Morgan fingerprint density at radius 2 is 1.67 bits per heavy atom. The minimum absolute atomic E-state index is 1.09. The van der Waals surface area contributed by atoms with E-state index in [1.54, 1.807) is 0 Å². The molecule has 138 valence electrons. The van der Waals surface area contributed by atoms with Gasteiger partial charge in [0.1, 0.15) is 0 Å². The van der Waals surface area contributed by atoms with Crippen molar-refractivity contribution >= 4 is 5.69 Å². The molecular formula is C23H26N4. The van der Waals surface area contributed by atoms with Gasteiger partial charge >= 0.3 is 0 Å². The van der Waals surface area contributed by atoms with Crippen LogP contribution in [0.4, 0.5) is 5.69 Å². The summed E-state index contributed by atoms with van der Waals surface area (Å²) in [5.41, 5.74) is 8.24. The van der Waals surface area contributed by atoms with Crippen molar-refractivity contribution in [1.29, 1.82) is 0 Å². The van der Waals surface area contributed by atoms with Crippen molar-refractivity contribution < 1.29 is 0 Å². The molecule has 3 aromatic rings. The first-order valence-corrected chi connectivity index (χ1v) is 10.0. The van der Waals surface area contributed by atoms with Crippen LogP contribution in [0.1, 0.15) is 16.7 Å². The predicted molar refractivity (Wildman–Crippen MR) is 110 cm³/mol. The van der Waals surface area contributed by atoms with E-state index in [4.69, 9.17) is 0 Å². The Balaban J connectivity index is 1.28. The summed E-state index contributed by atoms with van der Waals surface area (Å²) >= 11 is 0. The Hall–Kier alpha value is -2.59. The molecule has 1 aromatic heterocycles. The highest BCUT2D eigenvalue weighted by Crippen LogP contribution is 2.39. The summed E-state index contributed by atoms with van der Waals surface area (Å²) in [5.74, 6) is 0. The average Bonchev–Trinajstić information content (AvgIpc) is 3.22. The third-order valence-corrected chi connectivity index (χ3v) is 6.03. The zero-order valence-corrected chi connectivity index (χ0v) is 15.7. The second kappa shape index (κ2) is 7.20. The number of aryl methyl sites for hydroxylation is 2. The maximum Gasteiger partial charge on any atom is 0.0705 e. The van der Waals surface area contributed by atoms with Gasteiger partial charge < -0.3 is 4.90 Å². The number of rotatable bonds is 4. The van der Waals surface area contributed by atoms with E-state index < -0.39 is 0 Å². The van der Waals surface area contributed by atoms with E-state index in [9.17, 15) is 0 Å².